The van der Waals surface area contributed by atoms with Crippen molar-refractivity contribution in [3.05, 3.63) is 0 Å². The zero-order valence-corrected chi connectivity index (χ0v) is 8.98. The van der Waals surface area contributed by atoms with E-state index in [4.69, 9.17) is 0 Å². The number of rotatable bonds is 2. The smallest absolute Gasteiger partial charge is 0.0688 e. The van der Waals surface area contributed by atoms with E-state index in [1.54, 1.807) is 0 Å². The highest BCUT2D eigenvalue weighted by molar-refractivity contribution is 6.68. The first-order valence-corrected chi connectivity index (χ1v) is 5.56. The number of hydrogen-bond acceptors (Lipinski definition) is 0. The van der Waals surface area contributed by atoms with Crippen molar-refractivity contribution < 1.29 is 0 Å². The zero-order chi connectivity index (χ0) is 8.98. The SMILES string of the molecule is CCC1(C)CB2CC(C)(CC)C21. The first-order chi connectivity index (χ1) is 5.56. The van der Waals surface area contributed by atoms with Crippen molar-refractivity contribution in [2.75, 3.05) is 0 Å². The minimum atomic E-state index is 0.716. The van der Waals surface area contributed by atoms with E-state index in [9.17, 15) is 0 Å². The molecular formula is C11H21B. The molecule has 2 aliphatic rings. The summed E-state index contributed by atoms with van der Waals surface area (Å²) in [6.45, 7) is 10.8. The van der Waals surface area contributed by atoms with E-state index in [-0.39, 0.29) is 0 Å². The molecule has 0 N–H and O–H groups in total. The van der Waals surface area contributed by atoms with Crippen LogP contribution in [0.1, 0.15) is 40.5 Å². The average Bonchev–Trinajstić information content (AvgIpc) is 2.01. The Hall–Kier alpha value is 0.0649. The van der Waals surface area contributed by atoms with Crippen molar-refractivity contribution in [1.82, 2.24) is 0 Å². The van der Waals surface area contributed by atoms with Crippen LogP contribution in [0.4, 0.5) is 0 Å². The van der Waals surface area contributed by atoms with Gasteiger partial charge < -0.3 is 0 Å². The van der Waals surface area contributed by atoms with Crippen LogP contribution in [0.3, 0.4) is 0 Å². The lowest BCUT2D eigenvalue weighted by Crippen LogP contribution is -2.64. The Morgan fingerprint density at radius 2 is 1.50 bits per heavy atom. The third-order valence-corrected chi connectivity index (χ3v) is 5.05. The van der Waals surface area contributed by atoms with Crippen LogP contribution in [0.25, 0.3) is 0 Å². The van der Waals surface area contributed by atoms with E-state index in [2.05, 4.69) is 27.7 Å². The molecule has 0 radical (unpaired) electrons. The summed E-state index contributed by atoms with van der Waals surface area (Å²) in [5.41, 5.74) is 1.43. The van der Waals surface area contributed by atoms with Crippen LogP contribution in [0, 0.1) is 10.8 Å². The quantitative estimate of drug-likeness (QED) is 0.545. The maximum absolute atomic E-state index is 2.50. The topological polar surface area (TPSA) is 0 Å². The molecule has 0 saturated carbocycles. The molecular weight excluding hydrogens is 143 g/mol. The van der Waals surface area contributed by atoms with Crippen LogP contribution in [-0.4, -0.2) is 6.71 Å². The summed E-state index contributed by atoms with van der Waals surface area (Å²) < 4.78 is 0. The Labute approximate surface area is 77.2 Å². The van der Waals surface area contributed by atoms with E-state index in [1.165, 1.54) is 25.5 Å². The Morgan fingerprint density at radius 3 is 1.75 bits per heavy atom. The Balaban J connectivity index is 2.10. The predicted octanol–water partition coefficient (Wildman–Crippen LogP) is 3.71. The molecule has 0 nitrogen and oxygen atoms in total. The highest BCUT2D eigenvalue weighted by Crippen LogP contribution is 2.72. The van der Waals surface area contributed by atoms with Gasteiger partial charge in [0, 0.05) is 0 Å². The fourth-order valence-electron chi connectivity index (χ4n) is 4.15. The van der Waals surface area contributed by atoms with Gasteiger partial charge in [-0.3, -0.25) is 0 Å². The van der Waals surface area contributed by atoms with Gasteiger partial charge in [-0.15, -0.1) is 0 Å². The van der Waals surface area contributed by atoms with Gasteiger partial charge in [0.2, 0.25) is 0 Å². The maximum atomic E-state index is 2.50. The van der Waals surface area contributed by atoms with Crippen LogP contribution in [0.2, 0.25) is 18.5 Å². The third kappa shape index (κ3) is 0.804. The molecule has 1 heteroatoms. The standard InChI is InChI=1S/C11H21B/c1-5-10(3)7-12-8-11(4,6-2)9(10)12/h9H,5-8H2,1-4H3. The lowest BCUT2D eigenvalue weighted by Gasteiger charge is -2.69. The van der Waals surface area contributed by atoms with Gasteiger partial charge in [-0.05, 0) is 10.8 Å². The Morgan fingerprint density at radius 1 is 1.08 bits per heavy atom. The van der Waals surface area contributed by atoms with E-state index in [0.29, 0.717) is 10.8 Å². The first kappa shape index (κ1) is 8.65. The second-order valence-electron chi connectivity index (χ2n) is 5.66. The molecule has 0 spiro atoms. The molecule has 0 aromatic heterocycles. The molecule has 0 amide bonds. The summed E-state index contributed by atoms with van der Waals surface area (Å²) in [6, 6.07) is 0. The summed E-state index contributed by atoms with van der Waals surface area (Å²) in [7, 11) is 0. The molecule has 2 fully saturated rings. The third-order valence-electron chi connectivity index (χ3n) is 5.05. The normalized spacial score (nSPS) is 51.0. The van der Waals surface area contributed by atoms with Gasteiger partial charge in [0.05, 0.1) is 0 Å². The van der Waals surface area contributed by atoms with Crippen molar-refractivity contribution in [3.8, 4) is 0 Å². The molecule has 68 valence electrons. The molecule has 2 aliphatic heterocycles. The molecule has 0 bridgehead atoms. The van der Waals surface area contributed by atoms with Crippen molar-refractivity contribution in [2.45, 2.75) is 59.0 Å². The molecule has 2 rings (SSSR count). The summed E-state index contributed by atoms with van der Waals surface area (Å²) in [5.74, 6) is 1.07. The van der Waals surface area contributed by atoms with E-state index >= 15 is 0 Å². The monoisotopic (exact) mass is 164 g/mol. The first-order valence-electron chi connectivity index (χ1n) is 5.56. The van der Waals surface area contributed by atoms with Gasteiger partial charge in [-0.1, -0.05) is 59.0 Å². The minimum absolute atomic E-state index is 0.716. The molecule has 0 aromatic carbocycles. The fraction of sp³-hybridized carbons (Fsp3) is 1.00. The van der Waals surface area contributed by atoms with Gasteiger partial charge in [0.15, 0.2) is 0 Å². The molecule has 2 unspecified atom stereocenters. The van der Waals surface area contributed by atoms with Crippen molar-refractivity contribution in [2.24, 2.45) is 10.8 Å². The lowest BCUT2D eigenvalue weighted by molar-refractivity contribution is 0.0981. The fourth-order valence-corrected chi connectivity index (χ4v) is 4.15. The highest BCUT2D eigenvalue weighted by atomic mass is 14.6. The van der Waals surface area contributed by atoms with Gasteiger partial charge in [0.1, 0.15) is 6.71 Å². The molecule has 0 aliphatic carbocycles. The van der Waals surface area contributed by atoms with Crippen LogP contribution < -0.4 is 0 Å². The van der Waals surface area contributed by atoms with E-state index in [0.717, 1.165) is 12.5 Å². The summed E-state index contributed by atoms with van der Waals surface area (Å²) in [4.78, 5) is 0. The summed E-state index contributed by atoms with van der Waals surface area (Å²) >= 11 is 0. The highest BCUT2D eigenvalue weighted by Gasteiger charge is 2.65. The Kier molecular flexibility index (Phi) is 1.66. The predicted molar refractivity (Wildman–Crippen MR) is 55.9 cm³/mol. The van der Waals surface area contributed by atoms with Crippen molar-refractivity contribution in [1.29, 1.82) is 0 Å². The minimum Gasteiger partial charge on any atom is -0.0688 e. The number of fused-ring (bicyclic) bond motifs is 1. The van der Waals surface area contributed by atoms with Crippen LogP contribution in [0.5, 0.6) is 0 Å². The molecule has 0 aromatic rings. The second-order valence-corrected chi connectivity index (χ2v) is 5.66. The van der Waals surface area contributed by atoms with Crippen LogP contribution >= 0.6 is 0 Å². The molecule has 12 heavy (non-hydrogen) atoms. The average molecular weight is 164 g/mol. The van der Waals surface area contributed by atoms with Gasteiger partial charge in [-0.2, -0.15) is 0 Å². The maximum Gasteiger partial charge on any atom is 0.145 e. The molecule has 2 saturated heterocycles. The lowest BCUT2D eigenvalue weighted by atomic mass is 9.05. The molecule has 2 heterocycles. The van der Waals surface area contributed by atoms with Gasteiger partial charge in [-0.25, -0.2) is 0 Å². The second kappa shape index (κ2) is 2.30. The molecule has 2 atom stereocenters. The Bertz CT molecular complexity index is 181. The summed E-state index contributed by atoms with van der Waals surface area (Å²) in [6.07, 6.45) is 5.82. The van der Waals surface area contributed by atoms with Crippen LogP contribution in [0.15, 0.2) is 0 Å². The zero-order valence-electron chi connectivity index (χ0n) is 8.98. The van der Waals surface area contributed by atoms with Crippen molar-refractivity contribution >= 4 is 6.71 Å². The van der Waals surface area contributed by atoms with Gasteiger partial charge >= 0.3 is 0 Å². The van der Waals surface area contributed by atoms with Crippen molar-refractivity contribution in [3.63, 3.8) is 0 Å². The van der Waals surface area contributed by atoms with Crippen LogP contribution in [-0.2, 0) is 0 Å². The van der Waals surface area contributed by atoms with E-state index < -0.39 is 0 Å². The van der Waals surface area contributed by atoms with Gasteiger partial charge in [0.25, 0.3) is 0 Å². The largest absolute Gasteiger partial charge is 0.145 e. The van der Waals surface area contributed by atoms with E-state index in [1.807, 2.05) is 0 Å². The summed E-state index contributed by atoms with van der Waals surface area (Å²) in [5, 5.41) is 0. The number of hydrogen-bond donors (Lipinski definition) is 0.